The molecule has 0 heterocycles. The molecule has 3 nitrogen and oxygen atoms in total. The zero-order valence-electron chi connectivity index (χ0n) is 8.84. The summed E-state index contributed by atoms with van der Waals surface area (Å²) in [5, 5.41) is 12.5. The molecule has 0 aliphatic carbocycles. The van der Waals surface area contributed by atoms with Crippen LogP contribution in [0.5, 0.6) is 0 Å². The molecule has 0 aliphatic heterocycles. The molecule has 1 unspecified atom stereocenters. The second-order valence-electron chi connectivity index (χ2n) is 3.44. The Balaban J connectivity index is 2.76. The van der Waals surface area contributed by atoms with Crippen molar-refractivity contribution in [3.05, 3.63) is 28.2 Å². The van der Waals surface area contributed by atoms with Gasteiger partial charge in [0, 0.05) is 15.7 Å². The second-order valence-corrected chi connectivity index (χ2v) is 4.31. The van der Waals surface area contributed by atoms with Crippen molar-refractivity contribution in [2.45, 2.75) is 13.3 Å². The van der Waals surface area contributed by atoms with Gasteiger partial charge in [0.05, 0.1) is 12.5 Å². The van der Waals surface area contributed by atoms with E-state index in [1.54, 1.807) is 18.2 Å². The smallest absolute Gasteiger partial charge is 0.229 e. The van der Waals surface area contributed by atoms with Crippen LogP contribution >= 0.6 is 23.2 Å². The van der Waals surface area contributed by atoms with E-state index in [9.17, 15) is 4.79 Å². The van der Waals surface area contributed by atoms with E-state index < -0.39 is 5.92 Å². The van der Waals surface area contributed by atoms with Gasteiger partial charge < -0.3 is 10.4 Å². The van der Waals surface area contributed by atoms with E-state index in [4.69, 9.17) is 28.3 Å². The maximum absolute atomic E-state index is 11.6. The number of anilines is 1. The fourth-order valence-corrected chi connectivity index (χ4v) is 1.79. The minimum atomic E-state index is -0.405. The molecule has 0 aromatic heterocycles. The lowest BCUT2D eigenvalue weighted by Crippen LogP contribution is -2.25. The number of benzene rings is 1. The van der Waals surface area contributed by atoms with Gasteiger partial charge in [-0.05, 0) is 24.6 Å². The van der Waals surface area contributed by atoms with Gasteiger partial charge in [-0.2, -0.15) is 0 Å². The molecular formula is C11H13Cl2NO2. The van der Waals surface area contributed by atoms with Gasteiger partial charge in [0.25, 0.3) is 0 Å². The standard InChI is InChI=1S/C11H13Cl2NO2/c1-2-7(6-15)11(16)14-10-4-8(12)3-9(13)5-10/h3-5,7,15H,2,6H2,1H3,(H,14,16). The Morgan fingerprint density at radius 1 is 1.38 bits per heavy atom. The summed E-state index contributed by atoms with van der Waals surface area (Å²) in [6.45, 7) is 1.67. The molecule has 0 aliphatic rings. The highest BCUT2D eigenvalue weighted by Gasteiger charge is 2.15. The van der Waals surface area contributed by atoms with Crippen molar-refractivity contribution in [2.75, 3.05) is 11.9 Å². The summed E-state index contributed by atoms with van der Waals surface area (Å²) in [6.07, 6.45) is 0.580. The lowest BCUT2D eigenvalue weighted by Gasteiger charge is -2.12. The Hall–Kier alpha value is -0.770. The monoisotopic (exact) mass is 261 g/mol. The molecule has 1 aromatic carbocycles. The zero-order valence-corrected chi connectivity index (χ0v) is 10.3. The number of hydrogen-bond acceptors (Lipinski definition) is 2. The summed E-state index contributed by atoms with van der Waals surface area (Å²) in [5.74, 6) is -0.638. The predicted octanol–water partition coefficient (Wildman–Crippen LogP) is 2.95. The Kier molecular flexibility index (Phi) is 5.06. The SMILES string of the molecule is CCC(CO)C(=O)Nc1cc(Cl)cc(Cl)c1. The first kappa shape index (κ1) is 13.3. The zero-order chi connectivity index (χ0) is 12.1. The topological polar surface area (TPSA) is 49.3 Å². The summed E-state index contributed by atoms with van der Waals surface area (Å²) in [7, 11) is 0. The van der Waals surface area contributed by atoms with Crippen LogP contribution in [-0.4, -0.2) is 17.6 Å². The van der Waals surface area contributed by atoms with Gasteiger partial charge in [-0.3, -0.25) is 4.79 Å². The normalized spacial score (nSPS) is 12.2. The first-order valence-electron chi connectivity index (χ1n) is 4.94. The number of halogens is 2. The van der Waals surface area contributed by atoms with Crippen molar-refractivity contribution in [3.8, 4) is 0 Å². The molecule has 0 spiro atoms. The lowest BCUT2D eigenvalue weighted by molar-refractivity contribution is -0.121. The van der Waals surface area contributed by atoms with Crippen molar-refractivity contribution in [1.82, 2.24) is 0 Å². The molecule has 5 heteroatoms. The van der Waals surface area contributed by atoms with E-state index in [1.165, 1.54) is 0 Å². The largest absolute Gasteiger partial charge is 0.396 e. The summed E-state index contributed by atoms with van der Waals surface area (Å²) < 4.78 is 0. The second kappa shape index (κ2) is 6.09. The van der Waals surface area contributed by atoms with Crippen molar-refractivity contribution in [1.29, 1.82) is 0 Å². The predicted molar refractivity (Wildman–Crippen MR) is 66.0 cm³/mol. The molecule has 1 atom stereocenters. The van der Waals surface area contributed by atoms with E-state index in [1.807, 2.05) is 6.92 Å². The summed E-state index contributed by atoms with van der Waals surface area (Å²) in [4.78, 5) is 11.6. The van der Waals surface area contributed by atoms with Crippen LogP contribution in [0.4, 0.5) is 5.69 Å². The summed E-state index contributed by atoms with van der Waals surface area (Å²) >= 11 is 11.6. The Labute approximate surface area is 104 Å². The van der Waals surface area contributed by atoms with Gasteiger partial charge in [0.15, 0.2) is 0 Å². The van der Waals surface area contributed by atoms with E-state index in [-0.39, 0.29) is 12.5 Å². The minimum absolute atomic E-state index is 0.170. The van der Waals surface area contributed by atoms with E-state index in [0.29, 0.717) is 22.2 Å². The molecule has 0 saturated carbocycles. The number of carbonyl (C=O) groups excluding carboxylic acids is 1. The Morgan fingerprint density at radius 3 is 2.38 bits per heavy atom. The highest BCUT2D eigenvalue weighted by atomic mass is 35.5. The Morgan fingerprint density at radius 2 is 1.94 bits per heavy atom. The molecule has 0 radical (unpaired) electrons. The van der Waals surface area contributed by atoms with Crippen LogP contribution < -0.4 is 5.32 Å². The van der Waals surface area contributed by atoms with Crippen LogP contribution in [0.2, 0.25) is 10.0 Å². The van der Waals surface area contributed by atoms with Gasteiger partial charge in [0.2, 0.25) is 5.91 Å². The number of hydrogen-bond donors (Lipinski definition) is 2. The quantitative estimate of drug-likeness (QED) is 0.876. The number of carbonyl (C=O) groups is 1. The average Bonchev–Trinajstić information content (AvgIpc) is 2.17. The maximum Gasteiger partial charge on any atom is 0.229 e. The van der Waals surface area contributed by atoms with Crippen LogP contribution in [-0.2, 0) is 4.79 Å². The number of rotatable bonds is 4. The van der Waals surface area contributed by atoms with Crippen molar-refractivity contribution >= 4 is 34.8 Å². The van der Waals surface area contributed by atoms with Gasteiger partial charge >= 0.3 is 0 Å². The number of aliphatic hydroxyl groups excluding tert-OH is 1. The maximum atomic E-state index is 11.6. The third-order valence-electron chi connectivity index (χ3n) is 2.21. The highest BCUT2D eigenvalue weighted by Crippen LogP contribution is 2.23. The van der Waals surface area contributed by atoms with Crippen molar-refractivity contribution in [2.24, 2.45) is 5.92 Å². The molecule has 0 fully saturated rings. The van der Waals surface area contributed by atoms with Crippen LogP contribution in [0.3, 0.4) is 0 Å². The fraction of sp³-hybridized carbons (Fsp3) is 0.364. The molecule has 0 saturated heterocycles. The lowest BCUT2D eigenvalue weighted by atomic mass is 10.1. The summed E-state index contributed by atoms with van der Waals surface area (Å²) in [6, 6.07) is 4.80. The van der Waals surface area contributed by atoms with Crippen LogP contribution in [0.1, 0.15) is 13.3 Å². The highest BCUT2D eigenvalue weighted by molar-refractivity contribution is 6.35. The van der Waals surface area contributed by atoms with Crippen LogP contribution in [0.15, 0.2) is 18.2 Å². The molecule has 2 N–H and O–H groups in total. The molecule has 88 valence electrons. The van der Waals surface area contributed by atoms with Crippen molar-refractivity contribution < 1.29 is 9.90 Å². The Bertz CT molecular complexity index is 358. The van der Waals surface area contributed by atoms with Gasteiger partial charge in [0.1, 0.15) is 0 Å². The number of amides is 1. The fourth-order valence-electron chi connectivity index (χ4n) is 1.27. The molecule has 1 aromatic rings. The number of aliphatic hydroxyl groups is 1. The molecule has 0 bridgehead atoms. The van der Waals surface area contributed by atoms with E-state index in [0.717, 1.165) is 0 Å². The number of nitrogens with one attached hydrogen (secondary N) is 1. The van der Waals surface area contributed by atoms with Gasteiger partial charge in [-0.15, -0.1) is 0 Å². The summed E-state index contributed by atoms with van der Waals surface area (Å²) in [5.41, 5.74) is 0.536. The van der Waals surface area contributed by atoms with Crippen LogP contribution in [0.25, 0.3) is 0 Å². The third kappa shape index (κ3) is 3.67. The average molecular weight is 262 g/mol. The molecule has 1 rings (SSSR count). The van der Waals surface area contributed by atoms with Gasteiger partial charge in [-0.1, -0.05) is 30.1 Å². The van der Waals surface area contributed by atoms with Crippen molar-refractivity contribution in [3.63, 3.8) is 0 Å². The first-order chi connectivity index (χ1) is 7.56. The third-order valence-corrected chi connectivity index (χ3v) is 2.65. The molecule has 1 amide bonds. The minimum Gasteiger partial charge on any atom is -0.396 e. The van der Waals surface area contributed by atoms with Gasteiger partial charge in [-0.25, -0.2) is 0 Å². The van der Waals surface area contributed by atoms with E-state index in [2.05, 4.69) is 5.32 Å². The molecule has 16 heavy (non-hydrogen) atoms. The molecular weight excluding hydrogens is 249 g/mol. The van der Waals surface area contributed by atoms with E-state index >= 15 is 0 Å². The van der Waals surface area contributed by atoms with Crippen LogP contribution in [0, 0.1) is 5.92 Å². The first-order valence-corrected chi connectivity index (χ1v) is 5.70.